The lowest BCUT2D eigenvalue weighted by Crippen LogP contribution is -2.01. The Hall–Kier alpha value is -1.88. The summed E-state index contributed by atoms with van der Waals surface area (Å²) >= 11 is 0. The zero-order chi connectivity index (χ0) is 11.4. The fourth-order valence-electron chi connectivity index (χ4n) is 1.42. The number of hydrogen-bond donors (Lipinski definition) is 2. The molecule has 17 heavy (non-hydrogen) atoms. The number of benzene rings is 1. The second-order valence-corrected chi connectivity index (χ2v) is 3.43. The van der Waals surface area contributed by atoms with Gasteiger partial charge in [0.15, 0.2) is 5.82 Å². The number of carboxylic acids is 1. The number of halogens is 1. The summed E-state index contributed by atoms with van der Waals surface area (Å²) in [5.74, 6) is 0.0751. The molecule has 0 saturated heterocycles. The Morgan fingerprint density at radius 2 is 2.00 bits per heavy atom. The van der Waals surface area contributed by atoms with Crippen molar-refractivity contribution in [3.63, 3.8) is 0 Å². The van der Waals surface area contributed by atoms with Crippen molar-refractivity contribution in [1.82, 2.24) is 15.2 Å². The Morgan fingerprint density at radius 3 is 2.65 bits per heavy atom. The van der Waals surface area contributed by atoms with Gasteiger partial charge in [0.05, 0.1) is 0 Å². The summed E-state index contributed by atoms with van der Waals surface area (Å²) in [4.78, 5) is 14.5. The molecule has 0 spiro atoms. The van der Waals surface area contributed by atoms with Gasteiger partial charge >= 0.3 is 5.97 Å². The molecule has 2 aromatic rings. The van der Waals surface area contributed by atoms with E-state index in [0.717, 1.165) is 5.56 Å². The van der Waals surface area contributed by atoms with Gasteiger partial charge in [-0.05, 0) is 5.56 Å². The third kappa shape index (κ3) is 3.88. The van der Waals surface area contributed by atoms with E-state index in [1.807, 2.05) is 30.3 Å². The SMILES string of the molecule is Cl.O=C(O)Cc1n[nH]c(Cc2ccccc2)n1. The predicted molar refractivity (Wildman–Crippen MR) is 64.2 cm³/mol. The highest BCUT2D eigenvalue weighted by molar-refractivity contribution is 5.85. The average molecular weight is 254 g/mol. The summed E-state index contributed by atoms with van der Waals surface area (Å²) in [7, 11) is 0. The summed E-state index contributed by atoms with van der Waals surface area (Å²) in [6, 6.07) is 9.81. The maximum absolute atomic E-state index is 10.4. The van der Waals surface area contributed by atoms with E-state index in [9.17, 15) is 4.79 Å². The Labute approximate surface area is 104 Å². The van der Waals surface area contributed by atoms with Gasteiger partial charge in [-0.25, -0.2) is 4.98 Å². The van der Waals surface area contributed by atoms with E-state index in [0.29, 0.717) is 18.1 Å². The first-order valence-corrected chi connectivity index (χ1v) is 4.90. The Balaban J connectivity index is 0.00000144. The van der Waals surface area contributed by atoms with Crippen molar-refractivity contribution >= 4 is 18.4 Å². The number of nitrogens with zero attached hydrogens (tertiary/aromatic N) is 2. The van der Waals surface area contributed by atoms with Crippen molar-refractivity contribution in [3.05, 3.63) is 47.5 Å². The van der Waals surface area contributed by atoms with E-state index in [1.165, 1.54) is 0 Å². The molecule has 0 amide bonds. The van der Waals surface area contributed by atoms with Crippen LogP contribution >= 0.6 is 12.4 Å². The van der Waals surface area contributed by atoms with Crippen LogP contribution in [0.2, 0.25) is 0 Å². The summed E-state index contributed by atoms with van der Waals surface area (Å²) in [6.07, 6.45) is 0.485. The molecule has 1 heterocycles. The van der Waals surface area contributed by atoms with Crippen LogP contribution < -0.4 is 0 Å². The van der Waals surface area contributed by atoms with E-state index in [1.54, 1.807) is 0 Å². The molecule has 0 aliphatic heterocycles. The Bertz CT molecular complexity index is 484. The third-order valence-corrected chi connectivity index (χ3v) is 2.10. The molecule has 2 N–H and O–H groups in total. The number of carboxylic acid groups (broad SMARTS) is 1. The minimum absolute atomic E-state index is 0. The van der Waals surface area contributed by atoms with Crippen LogP contribution in [0.4, 0.5) is 0 Å². The van der Waals surface area contributed by atoms with Gasteiger partial charge in [-0.1, -0.05) is 30.3 Å². The monoisotopic (exact) mass is 253 g/mol. The van der Waals surface area contributed by atoms with E-state index >= 15 is 0 Å². The third-order valence-electron chi connectivity index (χ3n) is 2.10. The molecule has 5 nitrogen and oxygen atoms in total. The van der Waals surface area contributed by atoms with Crippen LogP contribution in [0.5, 0.6) is 0 Å². The minimum atomic E-state index is -0.926. The molecule has 0 aliphatic rings. The number of H-pyrrole nitrogens is 1. The van der Waals surface area contributed by atoms with Gasteiger partial charge in [0.2, 0.25) is 0 Å². The van der Waals surface area contributed by atoms with Gasteiger partial charge in [0.1, 0.15) is 12.2 Å². The summed E-state index contributed by atoms with van der Waals surface area (Å²) < 4.78 is 0. The normalized spacial score (nSPS) is 9.65. The molecule has 0 bridgehead atoms. The van der Waals surface area contributed by atoms with E-state index in [4.69, 9.17) is 5.11 Å². The highest BCUT2D eigenvalue weighted by atomic mass is 35.5. The van der Waals surface area contributed by atoms with Gasteiger partial charge < -0.3 is 5.11 Å². The van der Waals surface area contributed by atoms with E-state index < -0.39 is 5.97 Å². The molecule has 2 rings (SSSR count). The maximum atomic E-state index is 10.4. The van der Waals surface area contributed by atoms with Gasteiger partial charge in [-0.2, -0.15) is 5.10 Å². The molecule has 90 valence electrons. The Kier molecular flexibility index (Phi) is 4.66. The lowest BCUT2D eigenvalue weighted by atomic mass is 10.1. The zero-order valence-corrected chi connectivity index (χ0v) is 9.78. The van der Waals surface area contributed by atoms with Crippen LogP contribution in [0.3, 0.4) is 0 Å². The molecule has 0 fully saturated rings. The van der Waals surface area contributed by atoms with Crippen molar-refractivity contribution < 1.29 is 9.90 Å². The first-order chi connectivity index (χ1) is 7.74. The van der Waals surface area contributed by atoms with Crippen molar-refractivity contribution in [2.45, 2.75) is 12.8 Å². The second-order valence-electron chi connectivity index (χ2n) is 3.43. The fourth-order valence-corrected chi connectivity index (χ4v) is 1.42. The summed E-state index contributed by atoms with van der Waals surface area (Å²) in [5.41, 5.74) is 1.11. The van der Waals surface area contributed by atoms with Gasteiger partial charge in [-0.3, -0.25) is 9.89 Å². The molecule has 1 aromatic heterocycles. The predicted octanol–water partition coefficient (Wildman–Crippen LogP) is 1.44. The largest absolute Gasteiger partial charge is 0.481 e. The maximum Gasteiger partial charge on any atom is 0.311 e. The molecule has 0 saturated carbocycles. The number of carbonyl (C=O) groups is 1. The lowest BCUT2D eigenvalue weighted by molar-refractivity contribution is -0.136. The standard InChI is InChI=1S/C11H11N3O2.ClH/c15-11(16)7-10-12-9(13-14-10)6-8-4-2-1-3-5-8;/h1-5H,6-7H2,(H,15,16)(H,12,13,14);1H. The van der Waals surface area contributed by atoms with Gasteiger partial charge in [-0.15, -0.1) is 12.4 Å². The lowest BCUT2D eigenvalue weighted by Gasteiger charge is -1.95. The van der Waals surface area contributed by atoms with Crippen LogP contribution in [0.25, 0.3) is 0 Å². The van der Waals surface area contributed by atoms with Gasteiger partial charge in [0.25, 0.3) is 0 Å². The van der Waals surface area contributed by atoms with Crippen LogP contribution in [0, 0.1) is 0 Å². The second kappa shape index (κ2) is 6.00. The molecule has 0 atom stereocenters. The minimum Gasteiger partial charge on any atom is -0.481 e. The highest BCUT2D eigenvalue weighted by Crippen LogP contribution is 2.05. The number of aromatic amines is 1. The molecule has 0 radical (unpaired) electrons. The number of nitrogens with one attached hydrogen (secondary N) is 1. The highest BCUT2D eigenvalue weighted by Gasteiger charge is 2.07. The summed E-state index contributed by atoms with van der Waals surface area (Å²) in [6.45, 7) is 0. The smallest absolute Gasteiger partial charge is 0.311 e. The van der Waals surface area contributed by atoms with E-state index in [-0.39, 0.29) is 18.8 Å². The zero-order valence-electron chi connectivity index (χ0n) is 8.96. The molecular weight excluding hydrogens is 242 g/mol. The molecule has 0 aliphatic carbocycles. The van der Waals surface area contributed by atoms with Crippen LogP contribution in [-0.2, 0) is 17.6 Å². The molecule has 6 heteroatoms. The quantitative estimate of drug-likeness (QED) is 0.864. The molecular formula is C11H12ClN3O2. The van der Waals surface area contributed by atoms with Crippen LogP contribution in [-0.4, -0.2) is 26.3 Å². The molecule has 0 unspecified atom stereocenters. The van der Waals surface area contributed by atoms with Crippen molar-refractivity contribution in [1.29, 1.82) is 0 Å². The van der Waals surface area contributed by atoms with Crippen LogP contribution in [0.1, 0.15) is 17.2 Å². The van der Waals surface area contributed by atoms with Crippen molar-refractivity contribution in [2.24, 2.45) is 0 Å². The van der Waals surface area contributed by atoms with Crippen molar-refractivity contribution in [2.75, 3.05) is 0 Å². The number of aromatic nitrogens is 3. The topological polar surface area (TPSA) is 78.9 Å². The summed E-state index contributed by atoms with van der Waals surface area (Å²) in [5, 5.41) is 15.1. The average Bonchev–Trinajstić information content (AvgIpc) is 2.66. The first-order valence-electron chi connectivity index (χ1n) is 4.90. The van der Waals surface area contributed by atoms with Gasteiger partial charge in [0, 0.05) is 6.42 Å². The Morgan fingerprint density at radius 1 is 1.29 bits per heavy atom. The van der Waals surface area contributed by atoms with Crippen LogP contribution in [0.15, 0.2) is 30.3 Å². The van der Waals surface area contributed by atoms with Crippen molar-refractivity contribution in [3.8, 4) is 0 Å². The fraction of sp³-hybridized carbons (Fsp3) is 0.182. The first kappa shape index (κ1) is 13.2. The number of rotatable bonds is 4. The van der Waals surface area contributed by atoms with E-state index in [2.05, 4.69) is 15.2 Å². The number of aliphatic carboxylic acids is 1. The molecule has 1 aromatic carbocycles. The number of hydrogen-bond acceptors (Lipinski definition) is 3.